The molecule has 0 amide bonds. The molecule has 15 heavy (non-hydrogen) atoms. The average Bonchev–Trinajstić information content (AvgIpc) is 2.28. The molecule has 1 atom stereocenters. The summed E-state index contributed by atoms with van der Waals surface area (Å²) in [5, 5.41) is 0. The largest absolute Gasteiger partial charge is 0.493 e. The standard InChI is InChI=1S/C12H16O3/c1-4-15-11-7-5-6-10(9(2)8-13)12(11)14-3/h5-9H,4H2,1-3H3. The lowest BCUT2D eigenvalue weighted by atomic mass is 10.0. The molecule has 0 fully saturated rings. The number of rotatable bonds is 5. The van der Waals surface area contributed by atoms with Gasteiger partial charge < -0.3 is 14.3 Å². The summed E-state index contributed by atoms with van der Waals surface area (Å²) in [5.74, 6) is 1.16. The quantitative estimate of drug-likeness (QED) is 0.697. The van der Waals surface area contributed by atoms with E-state index in [9.17, 15) is 4.79 Å². The summed E-state index contributed by atoms with van der Waals surface area (Å²) in [4.78, 5) is 10.7. The molecule has 0 radical (unpaired) electrons. The first kappa shape index (κ1) is 11.6. The van der Waals surface area contributed by atoms with Crippen molar-refractivity contribution >= 4 is 6.29 Å². The topological polar surface area (TPSA) is 35.5 Å². The van der Waals surface area contributed by atoms with Gasteiger partial charge in [0.15, 0.2) is 11.5 Å². The molecule has 0 saturated heterocycles. The van der Waals surface area contributed by atoms with E-state index >= 15 is 0 Å². The van der Waals surface area contributed by atoms with E-state index in [1.807, 2.05) is 32.0 Å². The van der Waals surface area contributed by atoms with E-state index in [-0.39, 0.29) is 5.92 Å². The maximum Gasteiger partial charge on any atom is 0.164 e. The fraction of sp³-hybridized carbons (Fsp3) is 0.417. The van der Waals surface area contributed by atoms with Crippen LogP contribution in [0.5, 0.6) is 11.5 Å². The molecule has 82 valence electrons. The van der Waals surface area contributed by atoms with Crippen molar-refractivity contribution in [3.05, 3.63) is 23.8 Å². The lowest BCUT2D eigenvalue weighted by Gasteiger charge is -2.14. The van der Waals surface area contributed by atoms with Crippen LogP contribution in [-0.2, 0) is 4.79 Å². The molecule has 3 heteroatoms. The Balaban J connectivity index is 3.15. The number of benzene rings is 1. The highest BCUT2D eigenvalue weighted by Crippen LogP contribution is 2.34. The number of carbonyl (C=O) groups excluding carboxylic acids is 1. The second-order valence-corrected chi connectivity index (χ2v) is 3.24. The van der Waals surface area contributed by atoms with E-state index in [0.29, 0.717) is 18.1 Å². The monoisotopic (exact) mass is 208 g/mol. The lowest BCUT2D eigenvalue weighted by Crippen LogP contribution is -2.02. The first-order chi connectivity index (χ1) is 7.24. The third-order valence-electron chi connectivity index (χ3n) is 2.21. The molecular weight excluding hydrogens is 192 g/mol. The lowest BCUT2D eigenvalue weighted by molar-refractivity contribution is -0.108. The second kappa shape index (κ2) is 5.39. The highest BCUT2D eigenvalue weighted by Gasteiger charge is 2.14. The molecule has 1 aromatic carbocycles. The molecule has 1 rings (SSSR count). The van der Waals surface area contributed by atoms with Crippen LogP contribution in [-0.4, -0.2) is 20.0 Å². The number of carbonyl (C=O) groups is 1. The van der Waals surface area contributed by atoms with Gasteiger partial charge in [-0.25, -0.2) is 0 Å². The van der Waals surface area contributed by atoms with Crippen LogP contribution in [0.2, 0.25) is 0 Å². The van der Waals surface area contributed by atoms with Gasteiger partial charge in [0.2, 0.25) is 0 Å². The second-order valence-electron chi connectivity index (χ2n) is 3.24. The van der Waals surface area contributed by atoms with Crippen molar-refractivity contribution < 1.29 is 14.3 Å². The van der Waals surface area contributed by atoms with Crippen LogP contribution in [0.25, 0.3) is 0 Å². The Morgan fingerprint density at radius 2 is 2.20 bits per heavy atom. The number of ether oxygens (including phenoxy) is 2. The van der Waals surface area contributed by atoms with Gasteiger partial charge in [0.25, 0.3) is 0 Å². The summed E-state index contributed by atoms with van der Waals surface area (Å²) in [7, 11) is 1.58. The summed E-state index contributed by atoms with van der Waals surface area (Å²) in [6.07, 6.45) is 0.896. The summed E-state index contributed by atoms with van der Waals surface area (Å²) in [5.41, 5.74) is 0.860. The van der Waals surface area contributed by atoms with Gasteiger partial charge in [-0.3, -0.25) is 0 Å². The van der Waals surface area contributed by atoms with Gasteiger partial charge in [-0.15, -0.1) is 0 Å². The van der Waals surface area contributed by atoms with E-state index in [1.54, 1.807) is 7.11 Å². The minimum atomic E-state index is -0.180. The van der Waals surface area contributed by atoms with Crippen molar-refractivity contribution in [3.8, 4) is 11.5 Å². The highest BCUT2D eigenvalue weighted by molar-refractivity contribution is 5.65. The predicted molar refractivity (Wildman–Crippen MR) is 58.6 cm³/mol. The fourth-order valence-electron chi connectivity index (χ4n) is 1.45. The van der Waals surface area contributed by atoms with Crippen molar-refractivity contribution in [1.82, 2.24) is 0 Å². The van der Waals surface area contributed by atoms with Gasteiger partial charge in [0.05, 0.1) is 13.7 Å². The van der Waals surface area contributed by atoms with E-state index in [1.165, 1.54) is 0 Å². The van der Waals surface area contributed by atoms with E-state index < -0.39 is 0 Å². The normalized spacial score (nSPS) is 11.9. The Kier molecular flexibility index (Phi) is 4.16. The van der Waals surface area contributed by atoms with Gasteiger partial charge in [0.1, 0.15) is 6.29 Å². The summed E-state index contributed by atoms with van der Waals surface area (Å²) < 4.78 is 10.7. The van der Waals surface area contributed by atoms with E-state index in [0.717, 1.165) is 11.8 Å². The summed E-state index contributed by atoms with van der Waals surface area (Å²) in [6.45, 7) is 4.32. The zero-order valence-electron chi connectivity index (χ0n) is 9.32. The van der Waals surface area contributed by atoms with Crippen molar-refractivity contribution in [1.29, 1.82) is 0 Å². The van der Waals surface area contributed by atoms with E-state index in [4.69, 9.17) is 9.47 Å². The van der Waals surface area contributed by atoms with Gasteiger partial charge in [-0.1, -0.05) is 19.1 Å². The Bertz CT molecular complexity index is 334. The smallest absolute Gasteiger partial charge is 0.164 e. The van der Waals surface area contributed by atoms with Crippen LogP contribution < -0.4 is 9.47 Å². The Labute approximate surface area is 90.0 Å². The number of hydrogen-bond acceptors (Lipinski definition) is 3. The number of aldehydes is 1. The molecule has 1 aromatic rings. The number of para-hydroxylation sites is 1. The van der Waals surface area contributed by atoms with Crippen molar-refractivity contribution in [2.75, 3.05) is 13.7 Å². The van der Waals surface area contributed by atoms with Crippen LogP contribution in [0.3, 0.4) is 0 Å². The fourth-order valence-corrected chi connectivity index (χ4v) is 1.45. The molecule has 1 unspecified atom stereocenters. The molecule has 3 nitrogen and oxygen atoms in total. The van der Waals surface area contributed by atoms with Crippen LogP contribution in [0.4, 0.5) is 0 Å². The molecule has 0 aliphatic carbocycles. The van der Waals surface area contributed by atoms with Crippen molar-refractivity contribution in [2.45, 2.75) is 19.8 Å². The highest BCUT2D eigenvalue weighted by atomic mass is 16.5. The molecule has 0 saturated carbocycles. The van der Waals surface area contributed by atoms with Crippen LogP contribution in [0.1, 0.15) is 25.3 Å². The average molecular weight is 208 g/mol. The first-order valence-corrected chi connectivity index (χ1v) is 4.99. The van der Waals surface area contributed by atoms with Crippen molar-refractivity contribution in [3.63, 3.8) is 0 Å². The summed E-state index contributed by atoms with van der Waals surface area (Å²) >= 11 is 0. The molecule has 0 bridgehead atoms. The first-order valence-electron chi connectivity index (χ1n) is 4.99. The zero-order valence-corrected chi connectivity index (χ0v) is 9.32. The van der Waals surface area contributed by atoms with Crippen LogP contribution in [0.15, 0.2) is 18.2 Å². The third kappa shape index (κ3) is 2.49. The zero-order chi connectivity index (χ0) is 11.3. The number of methoxy groups -OCH3 is 1. The minimum absolute atomic E-state index is 0.180. The molecule has 0 heterocycles. The summed E-state index contributed by atoms with van der Waals surface area (Å²) in [6, 6.07) is 5.58. The van der Waals surface area contributed by atoms with Gasteiger partial charge in [-0.2, -0.15) is 0 Å². The molecule has 0 aromatic heterocycles. The maximum atomic E-state index is 10.7. The molecule has 0 aliphatic rings. The van der Waals surface area contributed by atoms with Gasteiger partial charge >= 0.3 is 0 Å². The van der Waals surface area contributed by atoms with Crippen LogP contribution >= 0.6 is 0 Å². The Morgan fingerprint density at radius 1 is 1.47 bits per heavy atom. The van der Waals surface area contributed by atoms with E-state index in [2.05, 4.69) is 0 Å². The van der Waals surface area contributed by atoms with Crippen LogP contribution in [0, 0.1) is 0 Å². The van der Waals surface area contributed by atoms with Gasteiger partial charge in [-0.05, 0) is 13.0 Å². The molecule has 0 aliphatic heterocycles. The minimum Gasteiger partial charge on any atom is -0.493 e. The Hall–Kier alpha value is -1.51. The molecule has 0 N–H and O–H groups in total. The molecule has 0 spiro atoms. The third-order valence-corrected chi connectivity index (χ3v) is 2.21. The SMILES string of the molecule is CCOc1cccc(C(C)C=O)c1OC. The van der Waals surface area contributed by atoms with Gasteiger partial charge in [0, 0.05) is 11.5 Å². The van der Waals surface area contributed by atoms with Crippen molar-refractivity contribution in [2.24, 2.45) is 0 Å². The predicted octanol–water partition coefficient (Wildman–Crippen LogP) is 2.40. The number of hydrogen-bond donors (Lipinski definition) is 0. The Morgan fingerprint density at radius 3 is 2.73 bits per heavy atom. The maximum absolute atomic E-state index is 10.7. The molecular formula is C12H16O3.